The number of aromatic nitrogens is 2. The largest absolute Gasteiger partial charge is 0.350 e. The van der Waals surface area contributed by atoms with E-state index in [9.17, 15) is 4.79 Å². The van der Waals surface area contributed by atoms with Gasteiger partial charge in [-0.25, -0.2) is 4.98 Å². The van der Waals surface area contributed by atoms with E-state index < -0.39 is 0 Å². The molecule has 1 unspecified atom stereocenters. The topological polar surface area (TPSA) is 46.9 Å². The summed E-state index contributed by atoms with van der Waals surface area (Å²) in [6, 6.07) is 8.12. The molecule has 94 valence electrons. The standard InChI is InChI=1S/C14H17N3O/c1-3-14(18)16-11(2)12-4-6-13(7-5-12)17-9-8-15-10-17/h4-11H,3H2,1-2H3,(H,16,18). The van der Waals surface area contributed by atoms with Crippen LogP contribution in [0.25, 0.3) is 5.69 Å². The van der Waals surface area contributed by atoms with Crippen LogP contribution in [0.15, 0.2) is 43.0 Å². The van der Waals surface area contributed by atoms with Gasteiger partial charge in [0.2, 0.25) is 5.91 Å². The van der Waals surface area contributed by atoms with Crippen molar-refractivity contribution in [3.05, 3.63) is 48.5 Å². The fourth-order valence-electron chi connectivity index (χ4n) is 1.77. The normalized spacial score (nSPS) is 12.1. The minimum atomic E-state index is 0.0364. The van der Waals surface area contributed by atoms with E-state index in [4.69, 9.17) is 0 Å². The molecule has 0 bridgehead atoms. The van der Waals surface area contributed by atoms with Gasteiger partial charge < -0.3 is 9.88 Å². The molecule has 0 saturated carbocycles. The first-order valence-electron chi connectivity index (χ1n) is 6.08. The third-order valence-electron chi connectivity index (χ3n) is 2.89. The minimum absolute atomic E-state index is 0.0364. The van der Waals surface area contributed by atoms with Gasteiger partial charge in [-0.2, -0.15) is 0 Å². The van der Waals surface area contributed by atoms with E-state index in [1.807, 2.05) is 48.9 Å². The molecule has 4 nitrogen and oxygen atoms in total. The SMILES string of the molecule is CCC(=O)NC(C)c1ccc(-n2ccnc2)cc1. The third kappa shape index (κ3) is 2.77. The lowest BCUT2D eigenvalue weighted by Gasteiger charge is -2.14. The van der Waals surface area contributed by atoms with Crippen molar-refractivity contribution in [1.82, 2.24) is 14.9 Å². The van der Waals surface area contributed by atoms with E-state index in [-0.39, 0.29) is 11.9 Å². The molecule has 1 atom stereocenters. The molecule has 2 rings (SSSR count). The van der Waals surface area contributed by atoms with Crippen LogP contribution in [-0.4, -0.2) is 15.5 Å². The lowest BCUT2D eigenvalue weighted by atomic mass is 10.1. The highest BCUT2D eigenvalue weighted by Gasteiger charge is 2.07. The molecule has 0 fully saturated rings. The Morgan fingerprint density at radius 1 is 1.39 bits per heavy atom. The summed E-state index contributed by atoms with van der Waals surface area (Å²) in [5.41, 5.74) is 2.16. The van der Waals surface area contributed by atoms with Crippen LogP contribution in [0, 0.1) is 0 Å². The first-order chi connectivity index (χ1) is 8.70. The van der Waals surface area contributed by atoms with Crippen molar-refractivity contribution in [2.24, 2.45) is 0 Å². The Morgan fingerprint density at radius 3 is 2.67 bits per heavy atom. The molecule has 1 aromatic heterocycles. The van der Waals surface area contributed by atoms with Crippen molar-refractivity contribution in [2.75, 3.05) is 0 Å². The number of carbonyl (C=O) groups is 1. The molecular formula is C14H17N3O. The summed E-state index contributed by atoms with van der Waals surface area (Å²) in [5.74, 6) is 0.0705. The Labute approximate surface area is 107 Å². The van der Waals surface area contributed by atoms with Crippen LogP contribution in [0.2, 0.25) is 0 Å². The molecule has 0 spiro atoms. The van der Waals surface area contributed by atoms with Crippen molar-refractivity contribution in [2.45, 2.75) is 26.3 Å². The summed E-state index contributed by atoms with van der Waals surface area (Å²) in [4.78, 5) is 15.3. The van der Waals surface area contributed by atoms with Crippen LogP contribution < -0.4 is 5.32 Å². The molecule has 0 saturated heterocycles. The number of imidazole rings is 1. The molecular weight excluding hydrogens is 226 g/mol. The number of carbonyl (C=O) groups excluding carboxylic acids is 1. The van der Waals surface area contributed by atoms with Crippen LogP contribution in [0.1, 0.15) is 31.9 Å². The fourth-order valence-corrected chi connectivity index (χ4v) is 1.77. The average Bonchev–Trinajstić information content (AvgIpc) is 2.92. The molecule has 4 heteroatoms. The van der Waals surface area contributed by atoms with Gasteiger partial charge in [0.1, 0.15) is 0 Å². The summed E-state index contributed by atoms with van der Waals surface area (Å²) in [7, 11) is 0. The molecule has 1 aromatic carbocycles. The van der Waals surface area contributed by atoms with E-state index in [0.29, 0.717) is 6.42 Å². The summed E-state index contributed by atoms with van der Waals surface area (Å²) < 4.78 is 1.94. The number of nitrogens with one attached hydrogen (secondary N) is 1. The minimum Gasteiger partial charge on any atom is -0.350 e. The predicted molar refractivity (Wildman–Crippen MR) is 70.4 cm³/mol. The average molecular weight is 243 g/mol. The van der Waals surface area contributed by atoms with E-state index >= 15 is 0 Å². The highest BCUT2D eigenvalue weighted by Crippen LogP contribution is 2.15. The smallest absolute Gasteiger partial charge is 0.220 e. The quantitative estimate of drug-likeness (QED) is 0.896. The van der Waals surface area contributed by atoms with Gasteiger partial charge in [-0.3, -0.25) is 4.79 Å². The molecule has 0 aliphatic carbocycles. The van der Waals surface area contributed by atoms with Crippen molar-refractivity contribution >= 4 is 5.91 Å². The van der Waals surface area contributed by atoms with Gasteiger partial charge in [0, 0.05) is 24.5 Å². The van der Waals surface area contributed by atoms with E-state index in [2.05, 4.69) is 10.3 Å². The fraction of sp³-hybridized carbons (Fsp3) is 0.286. The van der Waals surface area contributed by atoms with Crippen LogP contribution in [0.4, 0.5) is 0 Å². The van der Waals surface area contributed by atoms with Crippen molar-refractivity contribution in [3.63, 3.8) is 0 Å². The van der Waals surface area contributed by atoms with Crippen LogP contribution >= 0.6 is 0 Å². The van der Waals surface area contributed by atoms with Gasteiger partial charge in [0.25, 0.3) is 0 Å². The number of amides is 1. The van der Waals surface area contributed by atoms with E-state index in [1.54, 1.807) is 12.5 Å². The maximum absolute atomic E-state index is 11.3. The number of nitrogens with zero attached hydrogens (tertiary/aromatic N) is 2. The molecule has 0 radical (unpaired) electrons. The van der Waals surface area contributed by atoms with Gasteiger partial charge in [-0.1, -0.05) is 19.1 Å². The summed E-state index contributed by atoms with van der Waals surface area (Å²) >= 11 is 0. The number of hydrogen-bond donors (Lipinski definition) is 1. The zero-order chi connectivity index (χ0) is 13.0. The molecule has 1 N–H and O–H groups in total. The Kier molecular flexibility index (Phi) is 3.77. The molecule has 1 amide bonds. The molecule has 2 aromatic rings. The van der Waals surface area contributed by atoms with Gasteiger partial charge in [0.15, 0.2) is 0 Å². The highest BCUT2D eigenvalue weighted by atomic mass is 16.1. The number of hydrogen-bond acceptors (Lipinski definition) is 2. The summed E-state index contributed by atoms with van der Waals surface area (Å²) in [6.45, 7) is 3.84. The lowest BCUT2D eigenvalue weighted by molar-refractivity contribution is -0.121. The first kappa shape index (κ1) is 12.4. The van der Waals surface area contributed by atoms with Gasteiger partial charge in [0.05, 0.1) is 12.4 Å². The van der Waals surface area contributed by atoms with E-state index in [0.717, 1.165) is 11.3 Å². The van der Waals surface area contributed by atoms with Crippen LogP contribution in [0.3, 0.4) is 0 Å². The molecule has 0 aliphatic rings. The monoisotopic (exact) mass is 243 g/mol. The maximum Gasteiger partial charge on any atom is 0.220 e. The van der Waals surface area contributed by atoms with Crippen LogP contribution in [-0.2, 0) is 4.79 Å². The van der Waals surface area contributed by atoms with Gasteiger partial charge in [-0.15, -0.1) is 0 Å². The highest BCUT2D eigenvalue weighted by molar-refractivity contribution is 5.76. The first-order valence-corrected chi connectivity index (χ1v) is 6.08. The van der Waals surface area contributed by atoms with Crippen molar-refractivity contribution in [3.8, 4) is 5.69 Å². The maximum atomic E-state index is 11.3. The van der Waals surface area contributed by atoms with Crippen molar-refractivity contribution < 1.29 is 4.79 Å². The second-order valence-electron chi connectivity index (χ2n) is 4.20. The zero-order valence-electron chi connectivity index (χ0n) is 10.6. The number of benzene rings is 1. The van der Waals surface area contributed by atoms with Crippen LogP contribution in [0.5, 0.6) is 0 Å². The second-order valence-corrected chi connectivity index (χ2v) is 4.20. The third-order valence-corrected chi connectivity index (χ3v) is 2.89. The van der Waals surface area contributed by atoms with Crippen molar-refractivity contribution in [1.29, 1.82) is 0 Å². The van der Waals surface area contributed by atoms with Gasteiger partial charge >= 0.3 is 0 Å². The Hall–Kier alpha value is -2.10. The Bertz CT molecular complexity index is 502. The summed E-state index contributed by atoms with van der Waals surface area (Å²) in [6.07, 6.45) is 5.92. The number of rotatable bonds is 4. The lowest BCUT2D eigenvalue weighted by Crippen LogP contribution is -2.25. The predicted octanol–water partition coefficient (Wildman–Crippen LogP) is 2.46. The van der Waals surface area contributed by atoms with E-state index in [1.165, 1.54) is 0 Å². The summed E-state index contributed by atoms with van der Waals surface area (Å²) in [5, 5.41) is 2.94. The zero-order valence-corrected chi connectivity index (χ0v) is 10.6. The molecule has 18 heavy (non-hydrogen) atoms. The Morgan fingerprint density at radius 2 is 2.11 bits per heavy atom. The molecule has 0 aliphatic heterocycles. The Balaban J connectivity index is 2.10. The second kappa shape index (κ2) is 5.49. The molecule has 1 heterocycles. The van der Waals surface area contributed by atoms with Gasteiger partial charge in [-0.05, 0) is 24.6 Å².